The fraction of sp³-hybridized carbons (Fsp3) is 0.211. The van der Waals surface area contributed by atoms with Gasteiger partial charge >= 0.3 is 12.1 Å². The quantitative estimate of drug-likeness (QED) is 0.602. The molecule has 0 aliphatic heterocycles. The molecule has 148 valence electrons. The molecule has 0 unspecified atom stereocenters. The number of hydrogen-bond donors (Lipinski definition) is 1. The minimum absolute atomic E-state index is 0.0928. The van der Waals surface area contributed by atoms with Gasteiger partial charge in [-0.05, 0) is 18.2 Å². The summed E-state index contributed by atoms with van der Waals surface area (Å²) in [6.45, 7) is 0.317. The molecule has 0 atom stereocenters. The lowest BCUT2D eigenvalue weighted by atomic mass is 10.1. The Morgan fingerprint density at radius 1 is 1.04 bits per heavy atom. The second kappa shape index (κ2) is 8.64. The zero-order valence-corrected chi connectivity index (χ0v) is 14.7. The van der Waals surface area contributed by atoms with E-state index in [1.165, 1.54) is 29.3 Å². The van der Waals surface area contributed by atoms with Crippen molar-refractivity contribution < 1.29 is 31.9 Å². The van der Waals surface area contributed by atoms with E-state index in [1.54, 1.807) is 30.3 Å². The van der Waals surface area contributed by atoms with Crippen LogP contribution in [0.3, 0.4) is 0 Å². The molecule has 0 saturated carbocycles. The van der Waals surface area contributed by atoms with E-state index in [1.807, 2.05) is 0 Å². The Balaban J connectivity index is 2.12. The van der Waals surface area contributed by atoms with Crippen molar-refractivity contribution in [2.75, 3.05) is 11.4 Å². The van der Waals surface area contributed by atoms with Gasteiger partial charge in [-0.25, -0.2) is 4.39 Å². The highest BCUT2D eigenvalue weighted by Crippen LogP contribution is 2.20. The number of carbonyl (C=O) groups is 3. The largest absolute Gasteiger partial charge is 0.471 e. The number of para-hydroxylation sites is 1. The van der Waals surface area contributed by atoms with Crippen molar-refractivity contribution in [3.8, 4) is 0 Å². The summed E-state index contributed by atoms with van der Waals surface area (Å²) < 4.78 is 50.8. The first-order valence-electron chi connectivity index (χ1n) is 8.09. The molecular formula is C19H16F4N2O3. The molecule has 0 aliphatic rings. The summed E-state index contributed by atoms with van der Waals surface area (Å²) in [5.74, 6) is -4.25. The molecule has 2 amide bonds. The maximum Gasteiger partial charge on any atom is 0.471 e. The van der Waals surface area contributed by atoms with Crippen molar-refractivity contribution in [1.29, 1.82) is 0 Å². The van der Waals surface area contributed by atoms with E-state index in [0.717, 1.165) is 6.07 Å². The number of Topliss-reactive ketones (excluding diaryl/α,β-unsaturated/α-hetero) is 1. The van der Waals surface area contributed by atoms with Crippen LogP contribution in [0, 0.1) is 5.82 Å². The Hall–Kier alpha value is -3.23. The van der Waals surface area contributed by atoms with E-state index in [4.69, 9.17) is 0 Å². The lowest BCUT2D eigenvalue weighted by molar-refractivity contribution is -0.173. The molecule has 0 saturated heterocycles. The van der Waals surface area contributed by atoms with Gasteiger partial charge in [0.25, 0.3) is 0 Å². The zero-order chi connectivity index (χ0) is 20.9. The van der Waals surface area contributed by atoms with Gasteiger partial charge < -0.3 is 10.2 Å². The van der Waals surface area contributed by atoms with E-state index >= 15 is 0 Å². The third-order valence-electron chi connectivity index (χ3n) is 3.82. The molecule has 5 nitrogen and oxygen atoms in total. The second-order valence-corrected chi connectivity index (χ2v) is 5.85. The normalized spacial score (nSPS) is 11.0. The Kier molecular flexibility index (Phi) is 6.50. The number of benzene rings is 2. The van der Waals surface area contributed by atoms with Gasteiger partial charge in [-0.2, -0.15) is 13.2 Å². The number of ketones is 1. The molecule has 9 heteroatoms. The first-order chi connectivity index (χ1) is 13.1. The van der Waals surface area contributed by atoms with Crippen molar-refractivity contribution in [1.82, 2.24) is 5.32 Å². The van der Waals surface area contributed by atoms with E-state index in [0.29, 0.717) is 5.69 Å². The minimum Gasteiger partial charge on any atom is -0.341 e. The van der Waals surface area contributed by atoms with Gasteiger partial charge in [0.15, 0.2) is 5.78 Å². The average molecular weight is 396 g/mol. The summed E-state index contributed by atoms with van der Waals surface area (Å²) in [6, 6.07) is 11.9. The molecule has 1 N–H and O–H groups in total. The van der Waals surface area contributed by atoms with E-state index in [9.17, 15) is 31.9 Å². The van der Waals surface area contributed by atoms with Crippen molar-refractivity contribution >= 4 is 23.3 Å². The Morgan fingerprint density at radius 3 is 2.21 bits per heavy atom. The molecule has 2 aromatic rings. The highest BCUT2D eigenvalue weighted by Gasteiger charge is 2.38. The molecule has 2 rings (SSSR count). The third-order valence-corrected chi connectivity index (χ3v) is 3.82. The molecule has 0 fully saturated rings. The number of anilines is 1. The molecule has 0 radical (unpaired) electrons. The summed E-state index contributed by atoms with van der Waals surface area (Å²) in [5, 5.41) is 1.43. The van der Waals surface area contributed by atoms with Crippen LogP contribution in [0.5, 0.6) is 0 Å². The molecule has 0 bridgehead atoms. The van der Waals surface area contributed by atoms with Gasteiger partial charge in [0.1, 0.15) is 5.82 Å². The highest BCUT2D eigenvalue weighted by molar-refractivity contribution is 6.00. The fourth-order valence-corrected chi connectivity index (χ4v) is 2.37. The van der Waals surface area contributed by atoms with Crippen LogP contribution in [0.2, 0.25) is 0 Å². The molecule has 0 heterocycles. The lowest BCUT2D eigenvalue weighted by Gasteiger charge is -2.21. The molecule has 0 spiro atoms. The van der Waals surface area contributed by atoms with Gasteiger partial charge in [0.05, 0.1) is 13.1 Å². The summed E-state index contributed by atoms with van der Waals surface area (Å²) >= 11 is 0. The third kappa shape index (κ3) is 5.38. The number of alkyl halides is 3. The van der Waals surface area contributed by atoms with Crippen molar-refractivity contribution in [3.63, 3.8) is 0 Å². The number of nitrogens with zero attached hydrogens (tertiary/aromatic N) is 1. The second-order valence-electron chi connectivity index (χ2n) is 5.85. The minimum atomic E-state index is -5.11. The van der Waals surface area contributed by atoms with Crippen molar-refractivity contribution in [2.24, 2.45) is 0 Å². The van der Waals surface area contributed by atoms with Gasteiger partial charge in [-0.15, -0.1) is 0 Å². The molecular weight excluding hydrogens is 380 g/mol. The first-order valence-corrected chi connectivity index (χ1v) is 8.09. The number of nitrogens with one attached hydrogen (secondary N) is 1. The van der Waals surface area contributed by atoms with Crippen LogP contribution >= 0.6 is 0 Å². The van der Waals surface area contributed by atoms with Crippen LogP contribution < -0.4 is 10.2 Å². The van der Waals surface area contributed by atoms with Crippen LogP contribution in [0.1, 0.15) is 22.8 Å². The van der Waals surface area contributed by atoms with Gasteiger partial charge in [0.2, 0.25) is 5.91 Å². The SMILES string of the molecule is CC(=O)N(Cc1ccc(C(=O)CNC(=O)C(F)(F)F)cc1F)c1ccccc1. The summed E-state index contributed by atoms with van der Waals surface area (Å²) in [4.78, 5) is 35.8. The molecule has 2 aromatic carbocycles. The van der Waals surface area contributed by atoms with E-state index < -0.39 is 30.2 Å². The number of carbonyl (C=O) groups excluding carboxylic acids is 3. The average Bonchev–Trinajstić information content (AvgIpc) is 2.64. The van der Waals surface area contributed by atoms with Crippen LogP contribution in [0.25, 0.3) is 0 Å². The van der Waals surface area contributed by atoms with Crippen LogP contribution in [0.15, 0.2) is 48.5 Å². The number of amides is 2. The highest BCUT2D eigenvalue weighted by atomic mass is 19.4. The van der Waals surface area contributed by atoms with Crippen LogP contribution in [-0.2, 0) is 16.1 Å². The van der Waals surface area contributed by atoms with Crippen molar-refractivity contribution in [3.05, 3.63) is 65.5 Å². The van der Waals surface area contributed by atoms with Crippen LogP contribution in [0.4, 0.5) is 23.2 Å². The van der Waals surface area contributed by atoms with E-state index in [2.05, 4.69) is 0 Å². The molecule has 28 heavy (non-hydrogen) atoms. The Bertz CT molecular complexity index is 882. The lowest BCUT2D eigenvalue weighted by Crippen LogP contribution is -2.39. The summed E-state index contributed by atoms with van der Waals surface area (Å²) in [7, 11) is 0. The Labute approximate surface area is 157 Å². The predicted molar refractivity (Wildman–Crippen MR) is 93.1 cm³/mol. The zero-order valence-electron chi connectivity index (χ0n) is 14.7. The van der Waals surface area contributed by atoms with Crippen molar-refractivity contribution in [2.45, 2.75) is 19.6 Å². The fourth-order valence-electron chi connectivity index (χ4n) is 2.37. The monoisotopic (exact) mass is 396 g/mol. The number of hydrogen-bond acceptors (Lipinski definition) is 3. The van der Waals surface area contributed by atoms with Crippen LogP contribution in [-0.4, -0.2) is 30.3 Å². The molecule has 0 aliphatic carbocycles. The topological polar surface area (TPSA) is 66.5 Å². The van der Waals surface area contributed by atoms with Gasteiger partial charge in [-0.1, -0.05) is 30.3 Å². The summed E-state index contributed by atoms with van der Waals surface area (Å²) in [6.07, 6.45) is -5.11. The Morgan fingerprint density at radius 2 is 1.68 bits per heavy atom. The van der Waals surface area contributed by atoms with E-state index in [-0.39, 0.29) is 23.6 Å². The maximum absolute atomic E-state index is 14.4. The number of rotatable bonds is 6. The van der Waals surface area contributed by atoms with Gasteiger partial charge in [-0.3, -0.25) is 14.4 Å². The standard InChI is InChI=1S/C19H16F4N2O3/c1-12(26)25(15-5-3-2-4-6-15)11-14-8-7-13(9-16(14)20)17(27)10-24-18(28)19(21,22)23/h2-9H,10-11H2,1H3,(H,24,28). The molecule has 0 aromatic heterocycles. The first kappa shape index (κ1) is 21.1. The maximum atomic E-state index is 14.4. The predicted octanol–water partition coefficient (Wildman–Crippen LogP) is 3.24. The van der Waals surface area contributed by atoms with Gasteiger partial charge in [0, 0.05) is 23.7 Å². The number of halogens is 4. The smallest absolute Gasteiger partial charge is 0.341 e. The summed E-state index contributed by atoms with van der Waals surface area (Å²) in [5.41, 5.74) is 0.483.